The van der Waals surface area contributed by atoms with Gasteiger partial charge in [0.15, 0.2) is 5.76 Å². The number of quaternary nitrogens is 1. The van der Waals surface area contributed by atoms with Crippen LogP contribution in [-0.4, -0.2) is 46.2 Å². The molecular weight excluding hydrogens is 354 g/mol. The van der Waals surface area contributed by atoms with Crippen LogP contribution in [-0.2, 0) is 0 Å². The first-order chi connectivity index (χ1) is 13.5. The largest absolute Gasteiger partial charge is 0.497 e. The van der Waals surface area contributed by atoms with Crippen molar-refractivity contribution in [3.8, 4) is 5.75 Å². The van der Waals surface area contributed by atoms with Crippen LogP contribution in [0.2, 0.25) is 0 Å². The summed E-state index contributed by atoms with van der Waals surface area (Å²) in [4.78, 5) is 16.7. The lowest BCUT2D eigenvalue weighted by atomic mass is 10.1. The number of likely N-dealkylation sites (N-methyl/N-ethyl adjacent to an activating group) is 1. The van der Waals surface area contributed by atoms with Gasteiger partial charge in [-0.3, -0.25) is 4.79 Å². The second kappa shape index (κ2) is 7.56. The molecule has 2 heterocycles. The average Bonchev–Trinajstić information content (AvgIpc) is 3.05. The molecule has 0 bridgehead atoms. The van der Waals surface area contributed by atoms with Gasteiger partial charge in [0.1, 0.15) is 11.3 Å². The third-order valence-electron chi connectivity index (χ3n) is 5.46. The number of nitrogens with zero attached hydrogens (tertiary/aromatic N) is 1. The molecule has 1 aliphatic heterocycles. The minimum atomic E-state index is -0.247. The highest BCUT2D eigenvalue weighted by Crippen LogP contribution is 2.29. The summed E-state index contributed by atoms with van der Waals surface area (Å²) in [7, 11) is 3.85. The number of benzene rings is 2. The Morgan fingerprint density at radius 3 is 2.54 bits per heavy atom. The van der Waals surface area contributed by atoms with Gasteiger partial charge in [-0.1, -0.05) is 0 Å². The van der Waals surface area contributed by atoms with E-state index in [0.717, 1.165) is 48.6 Å². The molecule has 1 aliphatic rings. The molecule has 0 radical (unpaired) electrons. The fourth-order valence-electron chi connectivity index (χ4n) is 3.63. The number of hydrogen-bond donors (Lipinski definition) is 2. The maximum Gasteiger partial charge on any atom is 0.291 e. The van der Waals surface area contributed by atoms with Crippen molar-refractivity contribution >= 4 is 28.3 Å². The number of methoxy groups -OCH3 is 1. The Morgan fingerprint density at radius 1 is 1.14 bits per heavy atom. The molecular formula is C22H26N3O3+. The van der Waals surface area contributed by atoms with E-state index in [2.05, 4.69) is 29.4 Å². The Kier molecular flexibility index (Phi) is 4.96. The van der Waals surface area contributed by atoms with Crippen molar-refractivity contribution in [2.75, 3.05) is 50.6 Å². The number of piperazine rings is 1. The predicted molar refractivity (Wildman–Crippen MR) is 111 cm³/mol. The summed E-state index contributed by atoms with van der Waals surface area (Å²) >= 11 is 0. The van der Waals surface area contributed by atoms with Crippen molar-refractivity contribution in [1.82, 2.24) is 0 Å². The Morgan fingerprint density at radius 2 is 1.86 bits per heavy atom. The Balaban J connectivity index is 1.49. The molecule has 0 atom stereocenters. The van der Waals surface area contributed by atoms with Gasteiger partial charge in [-0.2, -0.15) is 0 Å². The van der Waals surface area contributed by atoms with Crippen LogP contribution in [0.25, 0.3) is 11.0 Å². The lowest BCUT2D eigenvalue weighted by Crippen LogP contribution is -3.12. The number of aryl methyl sites for hydroxylation is 1. The molecule has 2 aromatic carbocycles. The smallest absolute Gasteiger partial charge is 0.291 e. The number of rotatable bonds is 4. The topological polar surface area (TPSA) is 59.1 Å². The predicted octanol–water partition coefficient (Wildman–Crippen LogP) is 2.34. The Bertz CT molecular complexity index is 986. The molecule has 0 aliphatic carbocycles. The summed E-state index contributed by atoms with van der Waals surface area (Å²) in [6.07, 6.45) is 0. The van der Waals surface area contributed by atoms with Crippen LogP contribution in [0, 0.1) is 6.92 Å². The van der Waals surface area contributed by atoms with Crippen LogP contribution in [0.1, 0.15) is 16.1 Å². The first kappa shape index (κ1) is 18.4. The van der Waals surface area contributed by atoms with Gasteiger partial charge in [-0.25, -0.2) is 0 Å². The normalized spacial score (nSPS) is 15.0. The molecule has 1 amide bonds. The van der Waals surface area contributed by atoms with Gasteiger partial charge in [-0.15, -0.1) is 0 Å². The lowest BCUT2D eigenvalue weighted by molar-refractivity contribution is -0.880. The second-order valence-electron chi connectivity index (χ2n) is 7.36. The van der Waals surface area contributed by atoms with Gasteiger partial charge < -0.3 is 24.3 Å². The number of anilines is 2. The molecule has 1 saturated heterocycles. The van der Waals surface area contributed by atoms with Crippen LogP contribution in [0.5, 0.6) is 5.75 Å². The van der Waals surface area contributed by atoms with Crippen molar-refractivity contribution in [2.24, 2.45) is 0 Å². The first-order valence-corrected chi connectivity index (χ1v) is 9.60. The first-order valence-electron chi connectivity index (χ1n) is 9.60. The summed E-state index contributed by atoms with van der Waals surface area (Å²) in [6.45, 7) is 6.29. The van der Waals surface area contributed by atoms with Gasteiger partial charge in [0.05, 0.1) is 40.3 Å². The zero-order valence-corrected chi connectivity index (χ0v) is 16.5. The number of fused-ring (bicyclic) bond motifs is 1. The van der Waals surface area contributed by atoms with Crippen LogP contribution in [0.4, 0.5) is 11.4 Å². The third-order valence-corrected chi connectivity index (χ3v) is 5.46. The van der Waals surface area contributed by atoms with Crippen LogP contribution < -0.4 is 19.9 Å². The number of hydrogen-bond acceptors (Lipinski definition) is 4. The van der Waals surface area contributed by atoms with E-state index in [-0.39, 0.29) is 5.91 Å². The number of carbonyl (C=O) groups excluding carboxylic acids is 1. The number of ether oxygens (including phenoxy) is 1. The molecule has 0 unspecified atom stereocenters. The monoisotopic (exact) mass is 380 g/mol. The molecule has 28 heavy (non-hydrogen) atoms. The van der Waals surface area contributed by atoms with Gasteiger partial charge in [0, 0.05) is 22.3 Å². The molecule has 1 aromatic heterocycles. The van der Waals surface area contributed by atoms with Gasteiger partial charge in [0.2, 0.25) is 0 Å². The van der Waals surface area contributed by atoms with E-state index >= 15 is 0 Å². The van der Waals surface area contributed by atoms with E-state index in [1.54, 1.807) is 12.0 Å². The highest BCUT2D eigenvalue weighted by atomic mass is 16.5. The zero-order valence-electron chi connectivity index (χ0n) is 16.5. The molecule has 0 spiro atoms. The minimum absolute atomic E-state index is 0.247. The Labute approximate surface area is 164 Å². The van der Waals surface area contributed by atoms with Crippen LogP contribution in [0.3, 0.4) is 0 Å². The second-order valence-corrected chi connectivity index (χ2v) is 7.36. The molecule has 6 heteroatoms. The SMILES string of the molecule is COc1ccc2oc(C(=O)Nc3ccc(N4CC[NH+](C)CC4)cc3)c(C)c2c1. The summed E-state index contributed by atoms with van der Waals surface area (Å²) in [6, 6.07) is 13.5. The zero-order chi connectivity index (χ0) is 19.7. The summed E-state index contributed by atoms with van der Waals surface area (Å²) in [5.74, 6) is 0.822. The molecule has 6 nitrogen and oxygen atoms in total. The van der Waals surface area contributed by atoms with Crippen LogP contribution in [0.15, 0.2) is 46.9 Å². The van der Waals surface area contributed by atoms with Crippen LogP contribution >= 0.6 is 0 Å². The summed E-state index contributed by atoms with van der Waals surface area (Å²) in [5.41, 5.74) is 3.43. The van der Waals surface area contributed by atoms with E-state index in [0.29, 0.717) is 11.3 Å². The molecule has 0 saturated carbocycles. The minimum Gasteiger partial charge on any atom is -0.497 e. The van der Waals surface area contributed by atoms with E-state index in [9.17, 15) is 4.79 Å². The van der Waals surface area contributed by atoms with Crippen molar-refractivity contribution in [1.29, 1.82) is 0 Å². The molecule has 3 aromatic rings. The number of furan rings is 1. The quantitative estimate of drug-likeness (QED) is 0.729. The number of carbonyl (C=O) groups is 1. The standard InChI is InChI=1S/C22H25N3O3/c1-15-19-14-18(27-3)8-9-20(19)28-21(15)22(26)23-16-4-6-17(7-5-16)25-12-10-24(2)11-13-25/h4-9,14H,10-13H2,1-3H3,(H,23,26)/p+1. The number of amides is 1. The van der Waals surface area contributed by atoms with Gasteiger partial charge in [0.25, 0.3) is 5.91 Å². The van der Waals surface area contributed by atoms with E-state index in [1.807, 2.05) is 37.3 Å². The highest BCUT2D eigenvalue weighted by Gasteiger charge is 2.19. The molecule has 1 fully saturated rings. The van der Waals surface area contributed by atoms with Crippen molar-refractivity contribution in [3.05, 3.63) is 53.8 Å². The van der Waals surface area contributed by atoms with Crippen molar-refractivity contribution in [3.63, 3.8) is 0 Å². The van der Waals surface area contributed by atoms with Crippen molar-refractivity contribution < 1.29 is 18.8 Å². The Hall–Kier alpha value is -2.99. The fraction of sp³-hybridized carbons (Fsp3) is 0.318. The van der Waals surface area contributed by atoms with Gasteiger partial charge in [-0.05, 0) is 49.4 Å². The highest BCUT2D eigenvalue weighted by molar-refractivity contribution is 6.06. The molecule has 4 rings (SSSR count). The third kappa shape index (κ3) is 3.55. The van der Waals surface area contributed by atoms with Crippen molar-refractivity contribution in [2.45, 2.75) is 6.92 Å². The van der Waals surface area contributed by atoms with E-state index in [4.69, 9.17) is 9.15 Å². The fourth-order valence-corrected chi connectivity index (χ4v) is 3.63. The maximum absolute atomic E-state index is 12.7. The summed E-state index contributed by atoms with van der Waals surface area (Å²) in [5, 5.41) is 3.83. The van der Waals surface area contributed by atoms with Gasteiger partial charge >= 0.3 is 0 Å². The molecule has 146 valence electrons. The van der Waals surface area contributed by atoms with E-state index < -0.39 is 0 Å². The lowest BCUT2D eigenvalue weighted by Gasteiger charge is -2.31. The summed E-state index contributed by atoms with van der Waals surface area (Å²) < 4.78 is 11.0. The molecule has 2 N–H and O–H groups in total. The number of nitrogens with one attached hydrogen (secondary N) is 2. The maximum atomic E-state index is 12.7. The van der Waals surface area contributed by atoms with E-state index in [1.165, 1.54) is 5.69 Å². The average molecular weight is 380 g/mol.